The minimum absolute atomic E-state index is 0.0276. The molecule has 1 aliphatic rings. The molecule has 1 aromatic heterocycles. The number of fused-ring (bicyclic) bond motifs is 1. The second-order valence-corrected chi connectivity index (χ2v) is 8.82. The number of para-hydroxylation sites is 1. The van der Waals surface area contributed by atoms with E-state index in [2.05, 4.69) is 42.7 Å². The second-order valence-electron chi connectivity index (χ2n) is 6.65. The van der Waals surface area contributed by atoms with E-state index in [1.807, 2.05) is 30.3 Å². The first-order chi connectivity index (χ1) is 13.6. The predicted octanol–water partition coefficient (Wildman–Crippen LogP) is 3.59. The van der Waals surface area contributed by atoms with Crippen LogP contribution in [0.4, 0.5) is 9.52 Å². The average Bonchev–Trinajstić information content (AvgIpc) is 3.14. The number of thiazole rings is 1. The van der Waals surface area contributed by atoms with Crippen molar-refractivity contribution in [2.24, 2.45) is 0 Å². The molecule has 1 N–H and O–H groups in total. The Morgan fingerprint density at radius 2 is 1.93 bits per heavy atom. The van der Waals surface area contributed by atoms with E-state index in [0.29, 0.717) is 12.1 Å². The molecule has 28 heavy (non-hydrogen) atoms. The molecule has 5 nitrogen and oxygen atoms in total. The van der Waals surface area contributed by atoms with Gasteiger partial charge in [0.15, 0.2) is 5.13 Å². The maximum Gasteiger partial charge on any atom is 0.252 e. The third-order valence-corrected chi connectivity index (χ3v) is 6.86. The van der Waals surface area contributed by atoms with E-state index in [9.17, 15) is 9.18 Å². The van der Waals surface area contributed by atoms with Crippen molar-refractivity contribution >= 4 is 55.2 Å². The zero-order chi connectivity index (χ0) is 19.5. The zero-order valence-corrected chi connectivity index (χ0v) is 18.2. The number of rotatable bonds is 5. The molecule has 0 unspecified atom stereocenters. The van der Waals surface area contributed by atoms with Crippen molar-refractivity contribution in [2.45, 2.75) is 0 Å². The Hall–Kier alpha value is -1.78. The number of carbonyl (C=O) groups is 1. The number of amides is 1. The Bertz CT molecular complexity index is 987. The summed E-state index contributed by atoms with van der Waals surface area (Å²) in [4.78, 5) is 21.3. The highest BCUT2D eigenvalue weighted by Gasteiger charge is 2.20. The minimum Gasteiger partial charge on any atom is -0.351 e. The summed E-state index contributed by atoms with van der Waals surface area (Å²) < 4.78 is 15.7. The van der Waals surface area contributed by atoms with E-state index in [1.54, 1.807) is 6.07 Å². The molecule has 0 atom stereocenters. The molecule has 1 saturated heterocycles. The van der Waals surface area contributed by atoms with Gasteiger partial charge in [-0.25, -0.2) is 9.37 Å². The molecule has 0 spiro atoms. The number of anilines is 1. The molecule has 1 fully saturated rings. The van der Waals surface area contributed by atoms with Gasteiger partial charge >= 0.3 is 0 Å². The number of nitrogens with zero attached hydrogens (tertiary/aromatic N) is 3. The molecule has 2 aromatic carbocycles. The number of carbonyl (C=O) groups excluding carboxylic acids is 1. The minimum atomic E-state index is -0.262. The fraction of sp³-hybridized carbons (Fsp3) is 0.300. The van der Waals surface area contributed by atoms with Gasteiger partial charge in [-0.2, -0.15) is 0 Å². The number of nitrogens with one attached hydrogen (secondary N) is 1. The van der Waals surface area contributed by atoms with Crippen LogP contribution in [-0.2, 0) is 0 Å². The van der Waals surface area contributed by atoms with Gasteiger partial charge in [-0.15, -0.1) is 0 Å². The first-order valence-electron chi connectivity index (χ1n) is 9.17. The molecule has 2 heterocycles. The van der Waals surface area contributed by atoms with E-state index in [-0.39, 0.29) is 11.7 Å². The van der Waals surface area contributed by atoms with Crippen LogP contribution in [-0.4, -0.2) is 55.1 Å². The van der Waals surface area contributed by atoms with Gasteiger partial charge in [0, 0.05) is 42.8 Å². The average molecular weight is 510 g/mol. The van der Waals surface area contributed by atoms with Gasteiger partial charge in [0.2, 0.25) is 0 Å². The topological polar surface area (TPSA) is 48.5 Å². The van der Waals surface area contributed by atoms with Gasteiger partial charge in [-0.05, 0) is 46.9 Å². The summed E-state index contributed by atoms with van der Waals surface area (Å²) in [5.74, 6) is -0.289. The second kappa shape index (κ2) is 8.71. The Kier molecular flexibility index (Phi) is 6.07. The van der Waals surface area contributed by atoms with Crippen LogP contribution < -0.4 is 10.2 Å². The van der Waals surface area contributed by atoms with Crippen LogP contribution in [0, 0.1) is 9.39 Å². The highest BCUT2D eigenvalue weighted by atomic mass is 127. The lowest BCUT2D eigenvalue weighted by molar-refractivity contribution is 0.0947. The van der Waals surface area contributed by atoms with Crippen molar-refractivity contribution in [1.29, 1.82) is 0 Å². The van der Waals surface area contributed by atoms with E-state index in [1.165, 1.54) is 17.4 Å². The van der Waals surface area contributed by atoms with Crippen molar-refractivity contribution in [2.75, 3.05) is 44.2 Å². The van der Waals surface area contributed by atoms with E-state index < -0.39 is 0 Å². The van der Waals surface area contributed by atoms with Crippen LogP contribution in [0.2, 0.25) is 0 Å². The van der Waals surface area contributed by atoms with Crippen molar-refractivity contribution in [3.63, 3.8) is 0 Å². The fourth-order valence-electron chi connectivity index (χ4n) is 3.27. The largest absolute Gasteiger partial charge is 0.351 e. The van der Waals surface area contributed by atoms with Gasteiger partial charge in [-0.3, -0.25) is 9.69 Å². The summed E-state index contributed by atoms with van der Waals surface area (Å²) >= 11 is 3.72. The Labute approximate surface area is 180 Å². The summed E-state index contributed by atoms with van der Waals surface area (Å²) in [5.41, 5.74) is 1.18. The smallest absolute Gasteiger partial charge is 0.252 e. The lowest BCUT2D eigenvalue weighted by Crippen LogP contribution is -2.48. The number of piperazine rings is 1. The van der Waals surface area contributed by atoms with Crippen molar-refractivity contribution in [3.8, 4) is 0 Å². The van der Waals surface area contributed by atoms with Crippen LogP contribution >= 0.6 is 33.9 Å². The summed E-state index contributed by atoms with van der Waals surface area (Å²) in [7, 11) is 0. The maximum atomic E-state index is 13.9. The summed E-state index contributed by atoms with van der Waals surface area (Å²) in [6.45, 7) is 4.94. The molecule has 0 radical (unpaired) electrons. The van der Waals surface area contributed by atoms with Crippen molar-refractivity contribution < 1.29 is 9.18 Å². The molecule has 0 bridgehead atoms. The molecular weight excluding hydrogens is 490 g/mol. The number of aromatic nitrogens is 1. The zero-order valence-electron chi connectivity index (χ0n) is 15.2. The van der Waals surface area contributed by atoms with Crippen LogP contribution in [0.1, 0.15) is 10.4 Å². The normalized spacial score (nSPS) is 15.1. The third-order valence-electron chi connectivity index (χ3n) is 4.83. The number of hydrogen-bond acceptors (Lipinski definition) is 5. The van der Waals surface area contributed by atoms with E-state index in [0.717, 1.165) is 51.7 Å². The predicted molar refractivity (Wildman–Crippen MR) is 120 cm³/mol. The van der Waals surface area contributed by atoms with Crippen LogP contribution in [0.25, 0.3) is 10.2 Å². The van der Waals surface area contributed by atoms with Gasteiger partial charge < -0.3 is 10.2 Å². The molecule has 4 rings (SSSR count). The first kappa shape index (κ1) is 19.5. The molecule has 8 heteroatoms. The lowest BCUT2D eigenvalue weighted by atomic mass is 10.2. The number of halogens is 2. The Balaban J connectivity index is 1.27. The lowest BCUT2D eigenvalue weighted by Gasteiger charge is -2.34. The fourth-order valence-corrected chi connectivity index (χ4v) is 4.93. The third kappa shape index (κ3) is 4.28. The van der Waals surface area contributed by atoms with Gasteiger partial charge in [0.25, 0.3) is 5.91 Å². The quantitative estimate of drug-likeness (QED) is 0.534. The Morgan fingerprint density at radius 3 is 2.68 bits per heavy atom. The highest BCUT2D eigenvalue weighted by molar-refractivity contribution is 14.1. The molecule has 0 aliphatic carbocycles. The van der Waals surface area contributed by atoms with Crippen LogP contribution in [0.5, 0.6) is 0 Å². The summed E-state index contributed by atoms with van der Waals surface area (Å²) in [6, 6.07) is 12.7. The molecule has 3 aromatic rings. The SMILES string of the molecule is O=C(NCCN1CCN(c2nc3c(F)cccc3s2)CC1)c1ccccc1I. The number of hydrogen-bond donors (Lipinski definition) is 1. The highest BCUT2D eigenvalue weighted by Crippen LogP contribution is 2.30. The molecular formula is C20H20FIN4OS. The van der Waals surface area contributed by atoms with Crippen LogP contribution in [0.3, 0.4) is 0 Å². The molecule has 1 aliphatic heterocycles. The monoisotopic (exact) mass is 510 g/mol. The summed E-state index contributed by atoms with van der Waals surface area (Å²) in [5, 5.41) is 3.88. The number of benzene rings is 2. The summed E-state index contributed by atoms with van der Waals surface area (Å²) in [6.07, 6.45) is 0. The van der Waals surface area contributed by atoms with E-state index in [4.69, 9.17) is 0 Å². The standard InChI is InChI=1S/C20H20FIN4OS/c21-15-5-3-7-17-18(15)24-20(28-17)26-12-10-25(11-13-26)9-8-23-19(27)14-4-1-2-6-16(14)22/h1-7H,8-13H2,(H,23,27). The first-order valence-corrected chi connectivity index (χ1v) is 11.1. The van der Waals surface area contributed by atoms with Crippen molar-refractivity contribution in [3.05, 3.63) is 57.4 Å². The Morgan fingerprint density at radius 1 is 1.14 bits per heavy atom. The maximum absolute atomic E-state index is 13.9. The van der Waals surface area contributed by atoms with Gasteiger partial charge in [0.05, 0.1) is 10.3 Å². The van der Waals surface area contributed by atoms with Crippen LogP contribution in [0.15, 0.2) is 42.5 Å². The molecule has 146 valence electrons. The van der Waals surface area contributed by atoms with Gasteiger partial charge in [0.1, 0.15) is 11.3 Å². The van der Waals surface area contributed by atoms with Gasteiger partial charge in [-0.1, -0.05) is 29.5 Å². The molecule has 0 saturated carbocycles. The van der Waals surface area contributed by atoms with Crippen molar-refractivity contribution in [1.82, 2.24) is 15.2 Å². The molecule has 1 amide bonds. The van der Waals surface area contributed by atoms with E-state index >= 15 is 0 Å².